The number of hydrogen-bond acceptors (Lipinski definition) is 0. The van der Waals surface area contributed by atoms with E-state index in [1.54, 1.807) is 0 Å². The molecule has 94 valence electrons. The van der Waals surface area contributed by atoms with Crippen LogP contribution in [0.15, 0.2) is 36.4 Å². The Morgan fingerprint density at radius 2 is 1.39 bits per heavy atom. The number of benzene rings is 2. The molecular weight excluding hydrogens is 444 g/mol. The second kappa shape index (κ2) is 6.88. The molecule has 0 nitrogen and oxygen atoms in total. The van der Waals surface area contributed by atoms with Gasteiger partial charge in [0.1, 0.15) is 0 Å². The van der Waals surface area contributed by atoms with E-state index in [9.17, 15) is 0 Å². The molecule has 18 heavy (non-hydrogen) atoms. The normalized spacial score (nSPS) is 10.7. The van der Waals surface area contributed by atoms with Crippen molar-refractivity contribution in [3.05, 3.63) is 56.5 Å². The summed E-state index contributed by atoms with van der Waals surface area (Å²) in [7, 11) is 0. The van der Waals surface area contributed by atoms with Crippen molar-refractivity contribution in [2.24, 2.45) is 0 Å². The summed E-state index contributed by atoms with van der Waals surface area (Å²) in [6.45, 7) is 0. The third kappa shape index (κ3) is 3.60. The van der Waals surface area contributed by atoms with Gasteiger partial charge in [0.25, 0.3) is 0 Å². The first-order chi connectivity index (χ1) is 8.59. The van der Waals surface area contributed by atoms with Crippen LogP contribution >= 0.6 is 46.4 Å². The molecule has 0 N–H and O–H groups in total. The Morgan fingerprint density at radius 3 is 2.06 bits per heavy atom. The molecule has 0 saturated heterocycles. The van der Waals surface area contributed by atoms with Crippen LogP contribution in [0.3, 0.4) is 0 Å². The van der Waals surface area contributed by atoms with Gasteiger partial charge in [-0.15, -0.1) is 0 Å². The van der Waals surface area contributed by atoms with Gasteiger partial charge in [0.15, 0.2) is 0 Å². The van der Waals surface area contributed by atoms with Gasteiger partial charge in [-0.3, -0.25) is 0 Å². The monoisotopic (exact) mass is 450 g/mol. The fourth-order valence-electron chi connectivity index (χ4n) is 1.18. The van der Waals surface area contributed by atoms with E-state index in [0.29, 0.717) is 33.2 Å². The Morgan fingerprint density at radius 1 is 0.722 bits per heavy atom. The molecule has 2 aromatic carbocycles. The molecule has 0 aliphatic heterocycles. The fourth-order valence-corrected chi connectivity index (χ4v) is 9.34. The minimum absolute atomic E-state index is 0.239. The van der Waals surface area contributed by atoms with E-state index in [0.717, 1.165) is 4.46 Å². The van der Waals surface area contributed by atoms with Gasteiger partial charge in [-0.2, -0.15) is 0 Å². The molecule has 0 aliphatic rings. The van der Waals surface area contributed by atoms with Crippen molar-refractivity contribution < 1.29 is 0 Å². The predicted molar refractivity (Wildman–Crippen MR) is 83.7 cm³/mol. The Kier molecular flexibility index (Phi) is 5.75. The molecule has 0 heterocycles. The molecule has 2 aromatic rings. The van der Waals surface area contributed by atoms with Crippen LogP contribution in [-0.4, -0.2) is 26.3 Å². The molecule has 0 radical (unpaired) electrons. The Bertz CT molecular complexity index is 558. The first-order valence-electron chi connectivity index (χ1n) is 4.82. The molecule has 0 fully saturated rings. The van der Waals surface area contributed by atoms with Gasteiger partial charge < -0.3 is 0 Å². The van der Waals surface area contributed by atoms with Crippen LogP contribution in [0, 0.1) is 0 Å². The summed E-state index contributed by atoms with van der Waals surface area (Å²) in [4.78, 5) is 0. The first kappa shape index (κ1) is 15.0. The molecule has 6 heteroatoms. The van der Waals surface area contributed by atoms with E-state index in [4.69, 9.17) is 46.4 Å². The zero-order chi connectivity index (χ0) is 13.1. The maximum absolute atomic E-state index is 6.19. The zero-order valence-corrected chi connectivity index (χ0v) is 15.2. The van der Waals surface area contributed by atoms with Crippen molar-refractivity contribution in [1.82, 2.24) is 0 Å². The van der Waals surface area contributed by atoms with Crippen molar-refractivity contribution in [3.8, 4) is 0 Å². The van der Waals surface area contributed by atoms with Crippen LogP contribution in [0.2, 0.25) is 20.1 Å². The van der Waals surface area contributed by atoms with Gasteiger partial charge in [0, 0.05) is 0 Å². The molecule has 0 saturated carbocycles. The van der Waals surface area contributed by atoms with E-state index in [2.05, 4.69) is 12.1 Å². The molecule has 0 aromatic heterocycles. The average Bonchev–Trinajstić information content (AvgIpc) is 2.40. The SMILES string of the molecule is Clc1cc([Se][Se]c2ccccc2)c(Cl)c(Cl)c1Cl. The maximum atomic E-state index is 6.19. The number of halogens is 4. The summed E-state index contributed by atoms with van der Waals surface area (Å²) < 4.78 is 2.34. The fraction of sp³-hybridized carbons (Fsp3) is 0. The average molecular weight is 450 g/mol. The summed E-state index contributed by atoms with van der Waals surface area (Å²) in [6, 6.07) is 12.1. The number of rotatable bonds is 3. The van der Waals surface area contributed by atoms with Gasteiger partial charge in [0.05, 0.1) is 0 Å². The zero-order valence-electron chi connectivity index (χ0n) is 8.79. The Hall–Kier alpha value is 0.639. The predicted octanol–water partition coefficient (Wildman–Crippen LogP) is 3.57. The topological polar surface area (TPSA) is 0 Å². The molecule has 0 unspecified atom stereocenters. The van der Waals surface area contributed by atoms with Crippen LogP contribution in [0.25, 0.3) is 0 Å². The van der Waals surface area contributed by atoms with Gasteiger partial charge in [-0.25, -0.2) is 0 Å². The van der Waals surface area contributed by atoms with Crippen LogP contribution < -0.4 is 8.92 Å². The van der Waals surface area contributed by atoms with Crippen LogP contribution in [0.1, 0.15) is 0 Å². The molecular formula is C12H6Cl4Se2. The van der Waals surface area contributed by atoms with E-state index in [1.807, 2.05) is 24.3 Å². The van der Waals surface area contributed by atoms with Gasteiger partial charge in [-0.1, -0.05) is 0 Å². The third-order valence-electron chi connectivity index (χ3n) is 2.04. The minimum atomic E-state index is 0.239. The third-order valence-corrected chi connectivity index (χ3v) is 11.2. The Balaban J connectivity index is 2.20. The van der Waals surface area contributed by atoms with Crippen molar-refractivity contribution in [1.29, 1.82) is 0 Å². The summed E-state index contributed by atoms with van der Waals surface area (Å²) in [6.07, 6.45) is 0. The molecule has 0 bridgehead atoms. The standard InChI is InChI=1S/C12H6Cl4Se2/c13-8-6-9(11(15)12(16)10(8)14)18-17-7-4-2-1-3-5-7/h1-6H. The van der Waals surface area contributed by atoms with E-state index in [1.165, 1.54) is 4.46 Å². The molecule has 0 aliphatic carbocycles. The molecule has 0 spiro atoms. The van der Waals surface area contributed by atoms with Crippen LogP contribution in [-0.2, 0) is 0 Å². The van der Waals surface area contributed by atoms with E-state index < -0.39 is 0 Å². The Labute approximate surface area is 137 Å². The van der Waals surface area contributed by atoms with Crippen LogP contribution in [0.4, 0.5) is 0 Å². The molecule has 0 atom stereocenters. The van der Waals surface area contributed by atoms with E-state index in [-0.39, 0.29) is 13.1 Å². The quantitative estimate of drug-likeness (QED) is 0.382. The second-order valence-corrected chi connectivity index (χ2v) is 11.1. The van der Waals surface area contributed by atoms with E-state index >= 15 is 0 Å². The summed E-state index contributed by atoms with van der Waals surface area (Å²) in [5.41, 5.74) is 0. The molecule has 0 amide bonds. The second-order valence-electron chi connectivity index (χ2n) is 3.28. The summed E-state index contributed by atoms with van der Waals surface area (Å²) in [5.74, 6) is 0. The first-order valence-corrected chi connectivity index (χ1v) is 12.4. The van der Waals surface area contributed by atoms with Gasteiger partial charge >= 0.3 is 138 Å². The van der Waals surface area contributed by atoms with Crippen LogP contribution in [0.5, 0.6) is 0 Å². The number of hydrogen-bond donors (Lipinski definition) is 0. The van der Waals surface area contributed by atoms with Gasteiger partial charge in [-0.05, 0) is 0 Å². The van der Waals surface area contributed by atoms with Crippen molar-refractivity contribution in [2.45, 2.75) is 0 Å². The van der Waals surface area contributed by atoms with Gasteiger partial charge in [0.2, 0.25) is 0 Å². The van der Waals surface area contributed by atoms with Crippen molar-refractivity contribution in [2.75, 3.05) is 0 Å². The van der Waals surface area contributed by atoms with Crippen molar-refractivity contribution in [3.63, 3.8) is 0 Å². The van der Waals surface area contributed by atoms with Crippen molar-refractivity contribution >= 4 is 81.6 Å². The summed E-state index contributed by atoms with van der Waals surface area (Å²) >= 11 is 24.8. The summed E-state index contributed by atoms with van der Waals surface area (Å²) in [5, 5.41) is 1.68. The molecule has 2 rings (SSSR count).